The highest BCUT2D eigenvalue weighted by atomic mass is 32.2. The number of hydrogen-bond acceptors (Lipinski definition) is 13. The normalized spacial score (nSPS) is 27.9. The first-order chi connectivity index (χ1) is 23.4. The molecule has 0 radical (unpaired) electrons. The number of hydrogen-bond donors (Lipinski definition) is 2. The Balaban J connectivity index is 1.57. The molecule has 0 aliphatic carbocycles. The summed E-state index contributed by atoms with van der Waals surface area (Å²) in [5, 5.41) is 24.8. The van der Waals surface area contributed by atoms with Crippen molar-refractivity contribution in [1.82, 2.24) is 15.1 Å². The average Bonchev–Trinajstić information content (AvgIpc) is 3.53. The Hall–Kier alpha value is -4.68. The topological polar surface area (TPSA) is 177 Å². The van der Waals surface area contributed by atoms with Crippen molar-refractivity contribution in [1.29, 1.82) is 5.26 Å². The third kappa shape index (κ3) is 4.86. The van der Waals surface area contributed by atoms with Crippen LogP contribution in [0.5, 0.6) is 28.7 Å². The molecular formula is C34H36N4O10S. The zero-order valence-electron chi connectivity index (χ0n) is 27.8. The number of phenolic OH excluding ortho intramolecular Hbond substituents is 1. The molecule has 14 nitrogen and oxygen atoms in total. The number of fused-ring (bicyclic) bond motifs is 9. The Morgan fingerprint density at radius 1 is 1.08 bits per heavy atom. The molecule has 7 rings (SSSR count). The predicted molar refractivity (Wildman–Crippen MR) is 172 cm³/mol. The molecular weight excluding hydrogens is 656 g/mol. The first-order valence-electron chi connectivity index (χ1n) is 15.9. The van der Waals surface area contributed by atoms with Gasteiger partial charge < -0.3 is 39.0 Å². The van der Waals surface area contributed by atoms with Crippen molar-refractivity contribution in [2.24, 2.45) is 0 Å². The maximum absolute atomic E-state index is 13.7. The SMILES string of the molecule is COc1c(C)cc2c(c1O)[C@@H]1C3[C@@H]4SCC(NC(C)=O)C(=O)OC[C@H](c5c6c(c(C)c(OC(C)=O)c54)OCO6)N3[C@@H](C#N)[C@H](C2)N1C(C)=O. The van der Waals surface area contributed by atoms with Crippen LogP contribution in [0.4, 0.5) is 0 Å². The number of nitrogens with one attached hydrogen (secondary N) is 1. The molecule has 2 saturated heterocycles. The molecule has 5 heterocycles. The summed E-state index contributed by atoms with van der Waals surface area (Å²) in [5.41, 5.74) is 3.62. The molecule has 5 aliphatic rings. The van der Waals surface area contributed by atoms with Gasteiger partial charge in [-0.1, -0.05) is 6.07 Å². The van der Waals surface area contributed by atoms with E-state index in [-0.39, 0.29) is 48.7 Å². The number of aromatic hydroxyl groups is 1. The van der Waals surface area contributed by atoms with E-state index < -0.39 is 59.3 Å². The van der Waals surface area contributed by atoms with Gasteiger partial charge in [-0.15, -0.1) is 11.8 Å². The van der Waals surface area contributed by atoms with Crippen LogP contribution in [-0.4, -0.2) is 89.1 Å². The number of ether oxygens (including phenoxy) is 5. The quantitative estimate of drug-likeness (QED) is 0.355. The number of phenols is 1. The summed E-state index contributed by atoms with van der Waals surface area (Å²) in [5.74, 6) is -0.727. The number of piperazine rings is 1. The van der Waals surface area contributed by atoms with Crippen LogP contribution in [0.15, 0.2) is 6.07 Å². The molecule has 49 heavy (non-hydrogen) atoms. The van der Waals surface area contributed by atoms with E-state index in [0.717, 1.165) is 5.56 Å². The molecule has 2 aromatic carbocycles. The van der Waals surface area contributed by atoms with Crippen molar-refractivity contribution in [3.05, 3.63) is 39.4 Å². The summed E-state index contributed by atoms with van der Waals surface area (Å²) >= 11 is 1.29. The van der Waals surface area contributed by atoms with E-state index in [0.29, 0.717) is 39.3 Å². The lowest BCUT2D eigenvalue weighted by Crippen LogP contribution is -2.70. The minimum absolute atomic E-state index is 0.0357. The first kappa shape index (κ1) is 32.8. The molecule has 2 aromatic rings. The second-order valence-electron chi connectivity index (χ2n) is 12.9. The molecule has 7 atom stereocenters. The highest BCUT2D eigenvalue weighted by Crippen LogP contribution is 2.64. The van der Waals surface area contributed by atoms with E-state index in [2.05, 4.69) is 11.4 Å². The van der Waals surface area contributed by atoms with Crippen LogP contribution in [0.3, 0.4) is 0 Å². The van der Waals surface area contributed by atoms with Crippen molar-refractivity contribution in [3.63, 3.8) is 0 Å². The lowest BCUT2D eigenvalue weighted by molar-refractivity contribution is -0.157. The minimum atomic E-state index is -1.02. The van der Waals surface area contributed by atoms with E-state index in [1.807, 2.05) is 17.9 Å². The van der Waals surface area contributed by atoms with Gasteiger partial charge >= 0.3 is 11.9 Å². The van der Waals surface area contributed by atoms with E-state index >= 15 is 0 Å². The number of esters is 2. The van der Waals surface area contributed by atoms with Crippen molar-refractivity contribution in [2.75, 3.05) is 26.3 Å². The molecule has 0 aromatic heterocycles. The molecule has 5 aliphatic heterocycles. The van der Waals surface area contributed by atoms with Crippen LogP contribution < -0.4 is 24.3 Å². The maximum Gasteiger partial charge on any atom is 0.329 e. The summed E-state index contributed by atoms with van der Waals surface area (Å²) < 4.78 is 29.5. The van der Waals surface area contributed by atoms with Gasteiger partial charge in [-0.3, -0.25) is 19.3 Å². The van der Waals surface area contributed by atoms with Gasteiger partial charge in [0.2, 0.25) is 18.6 Å². The van der Waals surface area contributed by atoms with E-state index in [1.54, 1.807) is 11.8 Å². The Morgan fingerprint density at radius 3 is 2.47 bits per heavy atom. The monoisotopic (exact) mass is 692 g/mol. The van der Waals surface area contributed by atoms with Gasteiger partial charge in [-0.05, 0) is 31.4 Å². The number of thioether (sulfide) groups is 1. The van der Waals surface area contributed by atoms with Crippen LogP contribution in [0.25, 0.3) is 0 Å². The number of cyclic esters (lactones) is 1. The number of benzene rings is 2. The number of amides is 2. The zero-order chi connectivity index (χ0) is 35.0. The largest absolute Gasteiger partial charge is 0.504 e. The summed E-state index contributed by atoms with van der Waals surface area (Å²) in [6.07, 6.45) is 0.275. The van der Waals surface area contributed by atoms with Crippen molar-refractivity contribution in [2.45, 2.75) is 82.5 Å². The third-order valence-corrected chi connectivity index (χ3v) is 11.5. The van der Waals surface area contributed by atoms with Crippen LogP contribution in [-0.2, 0) is 30.3 Å². The molecule has 2 unspecified atom stereocenters. The van der Waals surface area contributed by atoms with Gasteiger partial charge in [-0.2, -0.15) is 5.26 Å². The second kappa shape index (κ2) is 12.0. The lowest BCUT2D eigenvalue weighted by atomic mass is 9.71. The number of nitrogens with zero attached hydrogens (tertiary/aromatic N) is 3. The number of rotatable bonds is 3. The Morgan fingerprint density at radius 2 is 1.82 bits per heavy atom. The van der Waals surface area contributed by atoms with Gasteiger partial charge in [0.1, 0.15) is 24.4 Å². The number of carbonyl (C=O) groups is 4. The van der Waals surface area contributed by atoms with Crippen LogP contribution in [0.1, 0.15) is 71.5 Å². The number of nitriles is 1. The van der Waals surface area contributed by atoms with Crippen molar-refractivity contribution in [3.8, 4) is 34.8 Å². The van der Waals surface area contributed by atoms with Gasteiger partial charge in [-0.25, -0.2) is 4.79 Å². The molecule has 15 heteroatoms. The summed E-state index contributed by atoms with van der Waals surface area (Å²) in [6.45, 7) is 7.26. The highest BCUT2D eigenvalue weighted by Gasteiger charge is 2.62. The Kier molecular flexibility index (Phi) is 8.06. The molecule has 258 valence electrons. The minimum Gasteiger partial charge on any atom is -0.504 e. The molecule has 2 amide bonds. The third-order valence-electron chi connectivity index (χ3n) is 10.1. The summed E-state index contributed by atoms with van der Waals surface area (Å²) in [4.78, 5) is 55.7. The smallest absolute Gasteiger partial charge is 0.329 e. The predicted octanol–water partition coefficient (Wildman–Crippen LogP) is 2.65. The highest BCUT2D eigenvalue weighted by molar-refractivity contribution is 7.99. The second-order valence-corrected chi connectivity index (χ2v) is 14.1. The zero-order valence-corrected chi connectivity index (χ0v) is 28.6. The molecule has 2 fully saturated rings. The summed E-state index contributed by atoms with van der Waals surface area (Å²) in [6, 6.07) is -0.549. The van der Waals surface area contributed by atoms with Gasteiger partial charge in [0.05, 0.1) is 42.6 Å². The standard InChI is InChI=1S/C34H36N4O10S/c1-13-7-18-8-20-21(9-35)38-22-10-45-34(43)19(36-15(3)39)11-49-33(27(38)26(37(20)16(4)40)23(18)28(42)29(13)44-6)25-24(22)32-31(46-12-47-32)14(2)30(25)48-17(5)41/h7,19-22,26-27,33,42H,8,10-12H2,1-6H3,(H,36,39)/t19?,20-,21-,22+,26+,27?,33+/m0/s1. The van der Waals surface area contributed by atoms with Crippen LogP contribution in [0.2, 0.25) is 0 Å². The van der Waals surface area contributed by atoms with Gasteiger partial charge in [0.25, 0.3) is 0 Å². The van der Waals surface area contributed by atoms with Crippen LogP contribution in [0, 0.1) is 25.2 Å². The Labute approximate surface area is 286 Å². The lowest BCUT2D eigenvalue weighted by Gasteiger charge is -2.62. The molecule has 4 bridgehead atoms. The molecule has 0 spiro atoms. The number of aryl methyl sites for hydroxylation is 1. The summed E-state index contributed by atoms with van der Waals surface area (Å²) in [7, 11) is 1.46. The van der Waals surface area contributed by atoms with Gasteiger partial charge in [0.15, 0.2) is 23.0 Å². The first-order valence-corrected chi connectivity index (χ1v) is 17.0. The van der Waals surface area contributed by atoms with E-state index in [1.165, 1.54) is 39.6 Å². The van der Waals surface area contributed by atoms with Crippen LogP contribution >= 0.6 is 11.8 Å². The van der Waals surface area contributed by atoms with E-state index in [4.69, 9.17) is 23.7 Å². The van der Waals surface area contributed by atoms with Gasteiger partial charge in [0, 0.05) is 48.8 Å². The fourth-order valence-electron chi connectivity index (χ4n) is 8.49. The average molecular weight is 693 g/mol. The number of carbonyl (C=O) groups excluding carboxylic acids is 4. The number of methoxy groups -OCH3 is 1. The fourth-order valence-corrected chi connectivity index (χ4v) is 9.99. The fraction of sp³-hybridized carbons (Fsp3) is 0.500. The van der Waals surface area contributed by atoms with E-state index in [9.17, 15) is 29.5 Å². The molecule has 0 saturated carbocycles. The molecule has 2 N–H and O–H groups in total. The van der Waals surface area contributed by atoms with Crippen molar-refractivity contribution >= 4 is 35.5 Å². The maximum atomic E-state index is 13.7. The van der Waals surface area contributed by atoms with Crippen molar-refractivity contribution < 1.29 is 48.0 Å². The Bertz CT molecular complexity index is 1860.